The lowest BCUT2D eigenvalue weighted by atomic mass is 10.0. The number of fused-ring (bicyclic) bond motifs is 2. The van der Waals surface area contributed by atoms with E-state index in [9.17, 15) is 4.79 Å². The zero-order chi connectivity index (χ0) is 15.8. The number of hydrogen-bond acceptors (Lipinski definition) is 4. The van der Waals surface area contributed by atoms with Gasteiger partial charge in [0.05, 0.1) is 5.56 Å². The van der Waals surface area contributed by atoms with E-state index in [0.29, 0.717) is 6.54 Å². The highest BCUT2D eigenvalue weighted by molar-refractivity contribution is 6.01. The minimum absolute atomic E-state index is 0.0591. The van der Waals surface area contributed by atoms with E-state index in [4.69, 9.17) is 9.47 Å². The van der Waals surface area contributed by atoms with Crippen LogP contribution < -0.4 is 14.8 Å². The highest BCUT2D eigenvalue weighted by Crippen LogP contribution is 2.38. The second-order valence-electron chi connectivity index (χ2n) is 5.70. The average molecular weight is 310 g/mol. The number of carbonyl (C=O) groups excluding carboxylic acids is 1. The lowest BCUT2D eigenvalue weighted by Crippen LogP contribution is -2.43. The summed E-state index contributed by atoms with van der Waals surface area (Å²) in [6.45, 7) is 3.01. The molecule has 2 aromatic carbocycles. The van der Waals surface area contributed by atoms with Gasteiger partial charge in [0, 0.05) is 12.2 Å². The van der Waals surface area contributed by atoms with Crippen LogP contribution in [0.2, 0.25) is 0 Å². The molecule has 2 aliphatic rings. The van der Waals surface area contributed by atoms with Crippen LogP contribution in [-0.2, 0) is 0 Å². The summed E-state index contributed by atoms with van der Waals surface area (Å²) in [6.07, 6.45) is 0.697. The Labute approximate surface area is 134 Å². The van der Waals surface area contributed by atoms with Gasteiger partial charge in [0.2, 0.25) is 6.79 Å². The third-order valence-corrected chi connectivity index (χ3v) is 4.20. The Morgan fingerprint density at radius 2 is 2.00 bits per heavy atom. The Hall–Kier alpha value is -2.69. The highest BCUT2D eigenvalue weighted by Gasteiger charge is 2.32. The quantitative estimate of drug-likeness (QED) is 0.944. The minimum atomic E-state index is -0.202. The number of rotatable bonds is 3. The lowest BCUT2D eigenvalue weighted by molar-refractivity contribution is 0.0683. The zero-order valence-corrected chi connectivity index (χ0v) is 12.9. The van der Waals surface area contributed by atoms with E-state index >= 15 is 0 Å². The fourth-order valence-corrected chi connectivity index (χ4v) is 3.11. The first-order chi connectivity index (χ1) is 11.3. The second-order valence-corrected chi connectivity index (χ2v) is 5.70. The van der Waals surface area contributed by atoms with E-state index in [1.165, 1.54) is 0 Å². The van der Waals surface area contributed by atoms with Crippen molar-refractivity contribution in [3.05, 3.63) is 53.6 Å². The molecule has 2 aromatic rings. The van der Waals surface area contributed by atoms with Crippen molar-refractivity contribution >= 4 is 11.6 Å². The normalized spacial score (nSPS) is 18.6. The van der Waals surface area contributed by atoms with Crippen LogP contribution in [0.3, 0.4) is 0 Å². The van der Waals surface area contributed by atoms with Crippen molar-refractivity contribution in [3.8, 4) is 11.5 Å². The average Bonchev–Trinajstić information content (AvgIpc) is 3.05. The first-order valence-corrected chi connectivity index (χ1v) is 7.84. The molecule has 1 amide bonds. The summed E-state index contributed by atoms with van der Waals surface area (Å²) in [7, 11) is 0. The van der Waals surface area contributed by atoms with Crippen molar-refractivity contribution in [2.24, 2.45) is 0 Å². The molecule has 2 aliphatic heterocycles. The Kier molecular flexibility index (Phi) is 3.33. The van der Waals surface area contributed by atoms with Crippen molar-refractivity contribution in [2.45, 2.75) is 19.5 Å². The standard InChI is InChI=1S/C18H18N2O3/c1-2-9-20-17(12-7-8-15-16(10-12)23-11-22-15)19-14-6-4-3-5-13(14)18(20)21/h3-8,10,17,19H,2,9,11H2,1H3. The number of ether oxygens (including phenoxy) is 2. The van der Waals surface area contributed by atoms with Crippen LogP contribution in [0.25, 0.3) is 0 Å². The van der Waals surface area contributed by atoms with E-state index in [2.05, 4.69) is 12.2 Å². The molecule has 118 valence electrons. The maximum atomic E-state index is 12.9. The lowest BCUT2D eigenvalue weighted by Gasteiger charge is -2.38. The van der Waals surface area contributed by atoms with Crippen molar-refractivity contribution < 1.29 is 14.3 Å². The zero-order valence-electron chi connectivity index (χ0n) is 12.9. The first kappa shape index (κ1) is 13.9. The van der Waals surface area contributed by atoms with Crippen LogP contribution >= 0.6 is 0 Å². The molecule has 2 heterocycles. The molecule has 0 bridgehead atoms. The molecule has 5 heteroatoms. The monoisotopic (exact) mass is 310 g/mol. The molecule has 5 nitrogen and oxygen atoms in total. The summed E-state index contributed by atoms with van der Waals surface area (Å²) in [5.41, 5.74) is 2.58. The van der Waals surface area contributed by atoms with Gasteiger partial charge in [-0.1, -0.05) is 25.1 Å². The van der Waals surface area contributed by atoms with Gasteiger partial charge in [-0.2, -0.15) is 0 Å². The molecule has 1 N–H and O–H groups in total. The SMILES string of the molecule is CCCN1C(=O)c2ccccc2NC1c1ccc2c(c1)OCO2. The van der Waals surface area contributed by atoms with Crippen molar-refractivity contribution in [1.82, 2.24) is 4.90 Å². The van der Waals surface area contributed by atoms with Gasteiger partial charge >= 0.3 is 0 Å². The number of nitrogens with one attached hydrogen (secondary N) is 1. The Morgan fingerprint density at radius 3 is 2.87 bits per heavy atom. The molecule has 4 rings (SSSR count). The molecule has 0 radical (unpaired) electrons. The number of para-hydroxylation sites is 1. The molecule has 0 fully saturated rings. The topological polar surface area (TPSA) is 50.8 Å². The van der Waals surface area contributed by atoms with E-state index in [1.807, 2.05) is 47.4 Å². The fraction of sp³-hybridized carbons (Fsp3) is 0.278. The van der Waals surface area contributed by atoms with E-state index < -0.39 is 0 Å². The molecule has 0 aliphatic carbocycles. The van der Waals surface area contributed by atoms with Crippen molar-refractivity contribution in [1.29, 1.82) is 0 Å². The predicted octanol–water partition coefficient (Wildman–Crippen LogP) is 3.39. The number of amides is 1. The molecule has 0 aromatic heterocycles. The maximum absolute atomic E-state index is 12.9. The fourth-order valence-electron chi connectivity index (χ4n) is 3.11. The Morgan fingerprint density at radius 1 is 1.17 bits per heavy atom. The molecule has 0 saturated heterocycles. The van der Waals surface area contributed by atoms with Gasteiger partial charge in [-0.3, -0.25) is 4.79 Å². The molecule has 0 spiro atoms. The summed E-state index contributed by atoms with van der Waals surface area (Å²) < 4.78 is 10.8. The molecule has 0 saturated carbocycles. The van der Waals surface area contributed by atoms with Crippen LogP contribution in [0.15, 0.2) is 42.5 Å². The minimum Gasteiger partial charge on any atom is -0.454 e. The van der Waals surface area contributed by atoms with E-state index in [0.717, 1.165) is 34.7 Å². The number of carbonyl (C=O) groups is 1. The summed E-state index contributed by atoms with van der Waals surface area (Å²) in [6, 6.07) is 13.5. The third kappa shape index (κ3) is 2.29. The summed E-state index contributed by atoms with van der Waals surface area (Å²) >= 11 is 0. The number of benzene rings is 2. The van der Waals surface area contributed by atoms with Gasteiger partial charge in [0.25, 0.3) is 5.91 Å². The van der Waals surface area contributed by atoms with Gasteiger partial charge in [-0.05, 0) is 36.2 Å². The van der Waals surface area contributed by atoms with Gasteiger partial charge in [0.1, 0.15) is 6.17 Å². The molecular weight excluding hydrogens is 292 g/mol. The van der Waals surface area contributed by atoms with Crippen LogP contribution in [0, 0.1) is 0 Å². The van der Waals surface area contributed by atoms with Gasteiger partial charge in [0.15, 0.2) is 11.5 Å². The molecule has 23 heavy (non-hydrogen) atoms. The number of nitrogens with zero attached hydrogens (tertiary/aromatic N) is 1. The highest BCUT2D eigenvalue weighted by atomic mass is 16.7. The summed E-state index contributed by atoms with van der Waals surface area (Å²) in [5, 5.41) is 3.48. The van der Waals surface area contributed by atoms with Crippen LogP contribution in [0.4, 0.5) is 5.69 Å². The van der Waals surface area contributed by atoms with Crippen LogP contribution in [-0.4, -0.2) is 24.1 Å². The molecule has 1 unspecified atom stereocenters. The van der Waals surface area contributed by atoms with Crippen LogP contribution in [0.1, 0.15) is 35.4 Å². The van der Waals surface area contributed by atoms with Crippen molar-refractivity contribution in [2.75, 3.05) is 18.7 Å². The number of hydrogen-bond donors (Lipinski definition) is 1. The Bertz CT molecular complexity index is 760. The maximum Gasteiger partial charge on any atom is 0.257 e. The Balaban J connectivity index is 1.75. The van der Waals surface area contributed by atoms with E-state index in [-0.39, 0.29) is 18.9 Å². The smallest absolute Gasteiger partial charge is 0.257 e. The molecule has 1 atom stereocenters. The van der Waals surface area contributed by atoms with Gasteiger partial charge < -0.3 is 19.7 Å². The second kappa shape index (κ2) is 5.50. The van der Waals surface area contributed by atoms with Gasteiger partial charge in [-0.15, -0.1) is 0 Å². The summed E-state index contributed by atoms with van der Waals surface area (Å²) in [4.78, 5) is 14.7. The van der Waals surface area contributed by atoms with Crippen molar-refractivity contribution in [3.63, 3.8) is 0 Å². The predicted molar refractivity (Wildman–Crippen MR) is 86.7 cm³/mol. The van der Waals surface area contributed by atoms with E-state index in [1.54, 1.807) is 0 Å². The van der Waals surface area contributed by atoms with Gasteiger partial charge in [-0.25, -0.2) is 0 Å². The summed E-state index contributed by atoms with van der Waals surface area (Å²) in [5.74, 6) is 1.54. The largest absolute Gasteiger partial charge is 0.454 e. The third-order valence-electron chi connectivity index (χ3n) is 4.20. The first-order valence-electron chi connectivity index (χ1n) is 7.84. The molecular formula is C18H18N2O3. The van der Waals surface area contributed by atoms with Crippen LogP contribution in [0.5, 0.6) is 11.5 Å². The number of anilines is 1.